The molecule has 0 saturated heterocycles. The molecule has 0 fully saturated rings. The summed E-state index contributed by atoms with van der Waals surface area (Å²) in [5.74, 6) is 2.88. The molecule has 1 unspecified atom stereocenters. The lowest BCUT2D eigenvalue weighted by molar-refractivity contribution is -0.121. The molecule has 1 amide bonds. The summed E-state index contributed by atoms with van der Waals surface area (Å²) in [5.41, 5.74) is 1.14. The number of rotatable bonds is 7. The third-order valence-corrected chi connectivity index (χ3v) is 4.25. The van der Waals surface area contributed by atoms with E-state index in [1.807, 2.05) is 12.1 Å². The Morgan fingerprint density at radius 2 is 1.83 bits per heavy atom. The van der Waals surface area contributed by atoms with E-state index in [0.29, 0.717) is 31.5 Å². The summed E-state index contributed by atoms with van der Waals surface area (Å²) < 4.78 is 11.2. The minimum atomic E-state index is 0.124. The van der Waals surface area contributed by atoms with Gasteiger partial charge in [0.2, 0.25) is 5.91 Å². The van der Waals surface area contributed by atoms with Crippen molar-refractivity contribution in [3.63, 3.8) is 0 Å². The second kappa shape index (κ2) is 8.23. The number of hydrogen-bond acceptors (Lipinski definition) is 3. The van der Waals surface area contributed by atoms with Gasteiger partial charge in [0.25, 0.3) is 0 Å². The first kappa shape index (κ1) is 17.6. The van der Waals surface area contributed by atoms with Crippen molar-refractivity contribution in [3.8, 4) is 11.5 Å². The highest BCUT2D eigenvalue weighted by Crippen LogP contribution is 2.36. The van der Waals surface area contributed by atoms with E-state index in [0.717, 1.165) is 30.0 Å². The van der Waals surface area contributed by atoms with Crippen molar-refractivity contribution in [2.45, 2.75) is 46.5 Å². The largest absolute Gasteiger partial charge is 0.486 e. The molecule has 1 aromatic rings. The number of amides is 1. The van der Waals surface area contributed by atoms with Gasteiger partial charge in [0.05, 0.1) is 0 Å². The highest BCUT2D eigenvalue weighted by atomic mass is 16.6. The zero-order chi connectivity index (χ0) is 16.8. The summed E-state index contributed by atoms with van der Waals surface area (Å²) >= 11 is 0. The Morgan fingerprint density at radius 3 is 2.48 bits per heavy atom. The molecule has 128 valence electrons. The van der Waals surface area contributed by atoms with E-state index in [-0.39, 0.29) is 11.8 Å². The Hall–Kier alpha value is -1.71. The van der Waals surface area contributed by atoms with Crippen LogP contribution < -0.4 is 14.8 Å². The number of ether oxygens (including phenoxy) is 2. The molecule has 23 heavy (non-hydrogen) atoms. The highest BCUT2D eigenvalue weighted by Gasteiger charge is 2.22. The molecule has 4 heteroatoms. The van der Waals surface area contributed by atoms with Gasteiger partial charge in [-0.15, -0.1) is 0 Å². The van der Waals surface area contributed by atoms with E-state index >= 15 is 0 Å². The Balaban J connectivity index is 2.02. The van der Waals surface area contributed by atoms with Crippen LogP contribution in [0.2, 0.25) is 0 Å². The van der Waals surface area contributed by atoms with Gasteiger partial charge in [-0.2, -0.15) is 0 Å². The number of fused-ring (bicyclic) bond motifs is 1. The summed E-state index contributed by atoms with van der Waals surface area (Å²) in [6.07, 6.45) is 1.53. The number of carbonyl (C=O) groups is 1. The Labute approximate surface area is 139 Å². The summed E-state index contributed by atoms with van der Waals surface area (Å²) in [5, 5.41) is 3.04. The molecule has 1 atom stereocenters. The van der Waals surface area contributed by atoms with Gasteiger partial charge in [-0.25, -0.2) is 0 Å². The Morgan fingerprint density at radius 1 is 1.13 bits per heavy atom. The standard InChI is InChI=1S/C19H29NO3/c1-13(2)7-8-20-19(21)12-16(14(3)4)15-5-6-17-18(11-15)23-10-9-22-17/h5-6,11,13-14,16H,7-10,12H2,1-4H3,(H,20,21). The van der Waals surface area contributed by atoms with Crippen molar-refractivity contribution in [2.75, 3.05) is 19.8 Å². The molecule has 1 N–H and O–H groups in total. The van der Waals surface area contributed by atoms with Crippen LogP contribution in [0.1, 0.15) is 52.0 Å². The highest BCUT2D eigenvalue weighted by molar-refractivity contribution is 5.77. The van der Waals surface area contributed by atoms with Crippen molar-refractivity contribution in [1.29, 1.82) is 0 Å². The van der Waals surface area contributed by atoms with Gasteiger partial charge in [0.1, 0.15) is 13.2 Å². The Bertz CT molecular complexity index is 525. The molecular formula is C19H29NO3. The zero-order valence-electron chi connectivity index (χ0n) is 14.7. The van der Waals surface area contributed by atoms with Crippen molar-refractivity contribution in [2.24, 2.45) is 11.8 Å². The first-order valence-electron chi connectivity index (χ1n) is 8.63. The van der Waals surface area contributed by atoms with Gasteiger partial charge in [0, 0.05) is 13.0 Å². The SMILES string of the molecule is CC(C)CCNC(=O)CC(c1ccc2c(c1)OCCO2)C(C)C. The summed E-state index contributed by atoms with van der Waals surface area (Å²) in [6.45, 7) is 10.6. The smallest absolute Gasteiger partial charge is 0.220 e. The number of carbonyl (C=O) groups excluding carboxylic acids is 1. The van der Waals surface area contributed by atoms with Crippen LogP contribution in [0.25, 0.3) is 0 Å². The maximum Gasteiger partial charge on any atom is 0.220 e. The monoisotopic (exact) mass is 319 g/mol. The molecule has 0 bridgehead atoms. The average molecular weight is 319 g/mol. The molecule has 1 heterocycles. The number of benzene rings is 1. The third kappa shape index (κ3) is 5.15. The van der Waals surface area contributed by atoms with E-state index in [9.17, 15) is 4.79 Å². The van der Waals surface area contributed by atoms with Crippen LogP contribution in [0.3, 0.4) is 0 Å². The topological polar surface area (TPSA) is 47.6 Å². The van der Waals surface area contributed by atoms with E-state index in [1.54, 1.807) is 0 Å². The summed E-state index contributed by atoms with van der Waals surface area (Å²) in [4.78, 5) is 12.2. The predicted molar refractivity (Wildman–Crippen MR) is 92.1 cm³/mol. The molecule has 0 aromatic heterocycles. The average Bonchev–Trinajstić information content (AvgIpc) is 2.51. The maximum atomic E-state index is 12.2. The molecule has 2 rings (SSSR count). The lowest BCUT2D eigenvalue weighted by atomic mass is 9.85. The van der Waals surface area contributed by atoms with Crippen LogP contribution in [0, 0.1) is 11.8 Å². The van der Waals surface area contributed by atoms with Gasteiger partial charge in [-0.3, -0.25) is 4.79 Å². The van der Waals surface area contributed by atoms with E-state index in [2.05, 4.69) is 39.1 Å². The molecule has 0 radical (unpaired) electrons. The van der Waals surface area contributed by atoms with Crippen molar-refractivity contribution >= 4 is 5.91 Å². The van der Waals surface area contributed by atoms with Gasteiger partial charge in [-0.1, -0.05) is 33.8 Å². The molecule has 1 aromatic carbocycles. The van der Waals surface area contributed by atoms with Gasteiger partial charge < -0.3 is 14.8 Å². The maximum absolute atomic E-state index is 12.2. The van der Waals surface area contributed by atoms with Crippen LogP contribution in [-0.4, -0.2) is 25.7 Å². The molecule has 4 nitrogen and oxygen atoms in total. The first-order valence-corrected chi connectivity index (χ1v) is 8.63. The summed E-state index contributed by atoms with van der Waals surface area (Å²) in [7, 11) is 0. The quantitative estimate of drug-likeness (QED) is 0.832. The normalized spacial score (nSPS) is 14.9. The van der Waals surface area contributed by atoms with E-state index < -0.39 is 0 Å². The van der Waals surface area contributed by atoms with Crippen LogP contribution in [0.5, 0.6) is 11.5 Å². The third-order valence-electron chi connectivity index (χ3n) is 4.25. The van der Waals surface area contributed by atoms with Gasteiger partial charge in [0.15, 0.2) is 11.5 Å². The van der Waals surface area contributed by atoms with E-state index in [1.165, 1.54) is 0 Å². The number of nitrogens with one attached hydrogen (secondary N) is 1. The van der Waals surface area contributed by atoms with Crippen molar-refractivity contribution in [3.05, 3.63) is 23.8 Å². The predicted octanol–water partition coefficient (Wildman–Crippen LogP) is 3.75. The lowest BCUT2D eigenvalue weighted by Crippen LogP contribution is -2.28. The van der Waals surface area contributed by atoms with Crippen LogP contribution in [-0.2, 0) is 4.79 Å². The van der Waals surface area contributed by atoms with Crippen LogP contribution in [0.4, 0.5) is 0 Å². The van der Waals surface area contributed by atoms with Crippen molar-refractivity contribution < 1.29 is 14.3 Å². The second-order valence-corrected chi connectivity index (χ2v) is 6.99. The minimum Gasteiger partial charge on any atom is -0.486 e. The molecule has 1 aliphatic heterocycles. The first-order chi connectivity index (χ1) is 11.0. The van der Waals surface area contributed by atoms with Gasteiger partial charge in [-0.05, 0) is 41.9 Å². The second-order valence-electron chi connectivity index (χ2n) is 6.99. The number of hydrogen-bond donors (Lipinski definition) is 1. The van der Waals surface area contributed by atoms with E-state index in [4.69, 9.17) is 9.47 Å². The van der Waals surface area contributed by atoms with Gasteiger partial charge >= 0.3 is 0 Å². The molecule has 1 aliphatic rings. The fourth-order valence-electron chi connectivity index (χ4n) is 2.80. The van der Waals surface area contributed by atoms with Crippen LogP contribution >= 0.6 is 0 Å². The summed E-state index contributed by atoms with van der Waals surface area (Å²) in [6, 6.07) is 6.04. The molecule has 0 aliphatic carbocycles. The zero-order valence-corrected chi connectivity index (χ0v) is 14.7. The molecule has 0 spiro atoms. The fraction of sp³-hybridized carbons (Fsp3) is 0.632. The minimum absolute atomic E-state index is 0.124. The van der Waals surface area contributed by atoms with Crippen molar-refractivity contribution in [1.82, 2.24) is 5.32 Å². The molecular weight excluding hydrogens is 290 g/mol. The van der Waals surface area contributed by atoms with Crippen LogP contribution in [0.15, 0.2) is 18.2 Å². The molecule has 0 saturated carbocycles. The lowest BCUT2D eigenvalue weighted by Gasteiger charge is -2.24. The fourth-order valence-corrected chi connectivity index (χ4v) is 2.80. The Kier molecular flexibility index (Phi) is 6.31.